The molecule has 1 amide bonds. The van der Waals surface area contributed by atoms with Crippen molar-refractivity contribution < 1.29 is 19.4 Å². The van der Waals surface area contributed by atoms with Crippen molar-refractivity contribution in [3.63, 3.8) is 0 Å². The molecule has 1 unspecified atom stereocenters. The van der Waals surface area contributed by atoms with Crippen molar-refractivity contribution >= 4 is 17.6 Å². The predicted octanol–water partition coefficient (Wildman–Crippen LogP) is 0.690. The Bertz CT molecular complexity index is 591. The summed E-state index contributed by atoms with van der Waals surface area (Å²) in [6.45, 7) is 0.311. The Morgan fingerprint density at radius 1 is 1.60 bits per heavy atom. The fourth-order valence-corrected chi connectivity index (χ4v) is 2.24. The molecule has 1 aliphatic rings. The number of nitrogens with zero attached hydrogens (tertiary/aromatic N) is 2. The van der Waals surface area contributed by atoms with Crippen LogP contribution in [0.5, 0.6) is 0 Å². The van der Waals surface area contributed by atoms with E-state index in [9.17, 15) is 14.9 Å². The predicted molar refractivity (Wildman–Crippen MR) is 70.0 cm³/mol. The summed E-state index contributed by atoms with van der Waals surface area (Å²) in [5, 5.41) is 18.3. The Morgan fingerprint density at radius 2 is 2.35 bits per heavy atom. The molecular weight excluding hydrogens is 260 g/mol. The average molecular weight is 274 g/mol. The maximum Gasteiger partial charge on any atom is 0.337 e. The topological polar surface area (TPSA) is 90.6 Å². The van der Waals surface area contributed by atoms with Gasteiger partial charge in [0, 0.05) is 25.5 Å². The van der Waals surface area contributed by atoms with Crippen LogP contribution in [0, 0.1) is 17.2 Å². The number of carbonyl (C=O) groups is 2. The van der Waals surface area contributed by atoms with Gasteiger partial charge in [-0.3, -0.25) is 4.79 Å². The number of amides is 1. The van der Waals surface area contributed by atoms with Crippen molar-refractivity contribution in [3.05, 3.63) is 29.3 Å². The zero-order chi connectivity index (χ0) is 14.7. The zero-order valence-corrected chi connectivity index (χ0v) is 11.0. The van der Waals surface area contributed by atoms with Crippen LogP contribution >= 0.6 is 0 Å². The normalized spacial score (nSPS) is 17.9. The minimum Gasteiger partial charge on any atom is -0.465 e. The summed E-state index contributed by atoms with van der Waals surface area (Å²) in [7, 11) is 1.26. The molecule has 6 nitrogen and oxygen atoms in total. The summed E-state index contributed by atoms with van der Waals surface area (Å²) in [5.74, 6) is -0.783. The molecule has 1 fully saturated rings. The van der Waals surface area contributed by atoms with Crippen LogP contribution in [-0.4, -0.2) is 37.2 Å². The first-order valence-corrected chi connectivity index (χ1v) is 6.14. The number of rotatable bonds is 3. The van der Waals surface area contributed by atoms with E-state index in [0.717, 1.165) is 0 Å². The van der Waals surface area contributed by atoms with Gasteiger partial charge in [0.2, 0.25) is 5.91 Å². The van der Waals surface area contributed by atoms with Gasteiger partial charge in [0.05, 0.1) is 23.9 Å². The van der Waals surface area contributed by atoms with Crippen molar-refractivity contribution in [2.45, 2.75) is 6.42 Å². The van der Waals surface area contributed by atoms with Crippen LogP contribution in [0.2, 0.25) is 0 Å². The SMILES string of the molecule is COC(=O)c1ccc(N2CC(CO)CC2=O)c(C#N)c1. The summed E-state index contributed by atoms with van der Waals surface area (Å²) < 4.78 is 4.59. The molecule has 1 N–H and O–H groups in total. The number of aliphatic hydroxyl groups is 1. The summed E-state index contributed by atoms with van der Waals surface area (Å²) in [6, 6.07) is 6.46. The summed E-state index contributed by atoms with van der Waals surface area (Å²) in [5.41, 5.74) is 0.957. The molecule has 1 aromatic carbocycles. The van der Waals surface area contributed by atoms with E-state index in [4.69, 9.17) is 5.11 Å². The van der Waals surface area contributed by atoms with E-state index in [0.29, 0.717) is 12.2 Å². The van der Waals surface area contributed by atoms with Gasteiger partial charge in [-0.05, 0) is 18.2 Å². The van der Waals surface area contributed by atoms with Crippen molar-refractivity contribution in [1.82, 2.24) is 0 Å². The third kappa shape index (κ3) is 2.49. The van der Waals surface area contributed by atoms with Crippen LogP contribution in [0.15, 0.2) is 18.2 Å². The lowest BCUT2D eigenvalue weighted by Gasteiger charge is -2.18. The fraction of sp³-hybridized carbons (Fsp3) is 0.357. The molecule has 0 spiro atoms. The molecule has 0 saturated carbocycles. The van der Waals surface area contributed by atoms with Crippen molar-refractivity contribution in [1.29, 1.82) is 5.26 Å². The first-order chi connectivity index (χ1) is 9.60. The Hall–Kier alpha value is -2.39. The van der Waals surface area contributed by atoms with Gasteiger partial charge in [-0.1, -0.05) is 0 Å². The van der Waals surface area contributed by atoms with Gasteiger partial charge in [0.25, 0.3) is 0 Å². The van der Waals surface area contributed by atoms with E-state index in [-0.39, 0.29) is 36.0 Å². The van der Waals surface area contributed by atoms with Gasteiger partial charge in [-0.2, -0.15) is 5.26 Å². The molecule has 0 radical (unpaired) electrons. The van der Waals surface area contributed by atoms with Crippen LogP contribution in [0.25, 0.3) is 0 Å². The molecule has 1 atom stereocenters. The second-order valence-electron chi connectivity index (χ2n) is 4.59. The standard InChI is InChI=1S/C14H14N2O4/c1-20-14(19)10-2-3-12(11(5-10)6-15)16-7-9(8-17)4-13(16)18/h2-3,5,9,17H,4,7-8H2,1H3. The number of carbonyl (C=O) groups excluding carboxylic acids is 2. The van der Waals surface area contributed by atoms with Crippen LogP contribution in [0.3, 0.4) is 0 Å². The second kappa shape index (κ2) is 5.72. The lowest BCUT2D eigenvalue weighted by atomic mass is 10.1. The Morgan fingerprint density at radius 3 is 2.90 bits per heavy atom. The third-order valence-electron chi connectivity index (χ3n) is 3.29. The first-order valence-electron chi connectivity index (χ1n) is 6.14. The number of hydrogen-bond acceptors (Lipinski definition) is 5. The molecule has 1 aromatic rings. The molecule has 1 heterocycles. The molecule has 2 rings (SSSR count). The lowest BCUT2D eigenvalue weighted by Crippen LogP contribution is -2.26. The largest absolute Gasteiger partial charge is 0.465 e. The minimum atomic E-state index is -0.533. The average Bonchev–Trinajstić information content (AvgIpc) is 2.86. The smallest absolute Gasteiger partial charge is 0.337 e. The molecular formula is C14H14N2O4. The lowest BCUT2D eigenvalue weighted by molar-refractivity contribution is -0.117. The third-order valence-corrected chi connectivity index (χ3v) is 3.29. The molecule has 0 aliphatic carbocycles. The molecule has 1 aliphatic heterocycles. The Kier molecular flexibility index (Phi) is 4.01. The first kappa shape index (κ1) is 14.0. The molecule has 104 valence electrons. The number of esters is 1. The molecule has 1 saturated heterocycles. The van der Waals surface area contributed by atoms with Crippen molar-refractivity contribution in [2.24, 2.45) is 5.92 Å². The van der Waals surface area contributed by atoms with E-state index in [1.807, 2.05) is 6.07 Å². The number of methoxy groups -OCH3 is 1. The molecule has 20 heavy (non-hydrogen) atoms. The van der Waals surface area contributed by atoms with Crippen molar-refractivity contribution in [3.8, 4) is 6.07 Å². The van der Waals surface area contributed by atoms with Gasteiger partial charge in [0.15, 0.2) is 0 Å². The maximum atomic E-state index is 11.9. The number of aliphatic hydroxyl groups excluding tert-OH is 1. The number of nitriles is 1. The zero-order valence-electron chi connectivity index (χ0n) is 11.0. The van der Waals surface area contributed by atoms with Gasteiger partial charge in [-0.25, -0.2) is 4.79 Å². The van der Waals surface area contributed by atoms with Crippen molar-refractivity contribution in [2.75, 3.05) is 25.2 Å². The van der Waals surface area contributed by atoms with E-state index in [1.165, 1.54) is 24.1 Å². The molecule has 0 aromatic heterocycles. The van der Waals surface area contributed by atoms with E-state index >= 15 is 0 Å². The number of hydrogen-bond donors (Lipinski definition) is 1. The minimum absolute atomic E-state index is 0.0651. The van der Waals surface area contributed by atoms with Crippen LogP contribution in [0.1, 0.15) is 22.3 Å². The second-order valence-corrected chi connectivity index (χ2v) is 4.59. The number of anilines is 1. The van der Waals surface area contributed by atoms with E-state index < -0.39 is 5.97 Å². The van der Waals surface area contributed by atoms with Gasteiger partial charge in [-0.15, -0.1) is 0 Å². The van der Waals surface area contributed by atoms with Gasteiger partial charge < -0.3 is 14.7 Å². The summed E-state index contributed by atoms with van der Waals surface area (Å²) >= 11 is 0. The quantitative estimate of drug-likeness (QED) is 0.819. The highest BCUT2D eigenvalue weighted by Gasteiger charge is 2.31. The maximum absolute atomic E-state index is 11.9. The van der Waals surface area contributed by atoms with Gasteiger partial charge >= 0.3 is 5.97 Å². The summed E-state index contributed by atoms with van der Waals surface area (Å²) in [4.78, 5) is 24.8. The van der Waals surface area contributed by atoms with Gasteiger partial charge in [0.1, 0.15) is 6.07 Å². The van der Waals surface area contributed by atoms with Crippen LogP contribution < -0.4 is 4.90 Å². The van der Waals surface area contributed by atoms with Crippen LogP contribution in [-0.2, 0) is 9.53 Å². The summed E-state index contributed by atoms with van der Waals surface area (Å²) in [6.07, 6.45) is 0.264. The molecule has 0 bridgehead atoms. The molecule has 6 heteroatoms. The van der Waals surface area contributed by atoms with Crippen LogP contribution in [0.4, 0.5) is 5.69 Å². The fourth-order valence-electron chi connectivity index (χ4n) is 2.24. The number of ether oxygens (including phenoxy) is 1. The number of benzene rings is 1. The van der Waals surface area contributed by atoms with E-state index in [2.05, 4.69) is 4.74 Å². The Labute approximate surface area is 116 Å². The van der Waals surface area contributed by atoms with E-state index in [1.54, 1.807) is 6.07 Å². The highest BCUT2D eigenvalue weighted by Crippen LogP contribution is 2.28. The Balaban J connectivity index is 2.36. The highest BCUT2D eigenvalue weighted by atomic mass is 16.5. The monoisotopic (exact) mass is 274 g/mol. The highest BCUT2D eigenvalue weighted by molar-refractivity contribution is 5.98.